The van der Waals surface area contributed by atoms with Crippen LogP contribution < -0.4 is 10.1 Å². The maximum Gasteiger partial charge on any atom is 0.223 e. The molecule has 154 valence electrons. The zero-order valence-corrected chi connectivity index (χ0v) is 16.4. The van der Waals surface area contributed by atoms with E-state index in [9.17, 15) is 9.90 Å². The average molecular weight is 399 g/mol. The number of hydrogen-bond donors (Lipinski definition) is 2. The molecule has 7 heteroatoms. The number of carbonyl (C=O) groups excluding carboxylic acids is 1. The van der Waals surface area contributed by atoms with Crippen molar-refractivity contribution in [2.75, 3.05) is 6.61 Å². The van der Waals surface area contributed by atoms with E-state index >= 15 is 0 Å². The van der Waals surface area contributed by atoms with Crippen LogP contribution in [0.25, 0.3) is 0 Å². The van der Waals surface area contributed by atoms with E-state index < -0.39 is 36.9 Å². The van der Waals surface area contributed by atoms with E-state index in [1.165, 1.54) is 6.92 Å². The molecule has 0 radical (unpaired) electrons. The molecular weight excluding hydrogens is 374 g/mol. The summed E-state index contributed by atoms with van der Waals surface area (Å²) < 4.78 is 23.9. The first-order valence-corrected chi connectivity index (χ1v) is 9.67. The molecule has 7 nitrogen and oxygen atoms in total. The topological polar surface area (TPSA) is 86.3 Å². The van der Waals surface area contributed by atoms with Gasteiger partial charge in [-0.2, -0.15) is 0 Å². The molecule has 0 unspecified atom stereocenters. The molecule has 2 N–H and O–H groups in total. The fraction of sp³-hybridized carbons (Fsp3) is 0.409. The Hall–Kier alpha value is -2.45. The number of benzene rings is 2. The minimum atomic E-state index is -1.03. The lowest BCUT2D eigenvalue weighted by atomic mass is 9.95. The predicted molar refractivity (Wildman–Crippen MR) is 104 cm³/mol. The monoisotopic (exact) mass is 399 g/mol. The predicted octanol–water partition coefficient (Wildman–Crippen LogP) is 2.08. The van der Waals surface area contributed by atoms with E-state index in [-0.39, 0.29) is 12.5 Å². The summed E-state index contributed by atoms with van der Waals surface area (Å²) in [6.07, 6.45) is -3.70. The molecular formula is C22H25NO6. The number of nitrogens with one attached hydrogen (secondary N) is 1. The first-order valence-electron chi connectivity index (χ1n) is 9.67. The van der Waals surface area contributed by atoms with Crippen LogP contribution in [-0.4, -0.2) is 48.3 Å². The van der Waals surface area contributed by atoms with Gasteiger partial charge in [-0.3, -0.25) is 4.79 Å². The molecule has 29 heavy (non-hydrogen) atoms. The van der Waals surface area contributed by atoms with E-state index in [1.54, 1.807) is 6.07 Å². The minimum absolute atomic E-state index is 0.238. The lowest BCUT2D eigenvalue weighted by Crippen LogP contribution is -2.67. The van der Waals surface area contributed by atoms with Gasteiger partial charge in [0, 0.05) is 12.5 Å². The Kier molecular flexibility index (Phi) is 5.82. The molecule has 2 aliphatic rings. The molecule has 0 aromatic heterocycles. The summed E-state index contributed by atoms with van der Waals surface area (Å²) in [4.78, 5) is 11.8. The Balaban J connectivity index is 1.54. The molecule has 2 heterocycles. The van der Waals surface area contributed by atoms with Gasteiger partial charge in [0.2, 0.25) is 12.2 Å². The van der Waals surface area contributed by atoms with Gasteiger partial charge in [0.1, 0.15) is 30.1 Å². The number of rotatable bonds is 4. The molecule has 0 spiro atoms. The molecule has 2 fully saturated rings. The highest BCUT2D eigenvalue weighted by Crippen LogP contribution is 2.34. The summed E-state index contributed by atoms with van der Waals surface area (Å²) in [5, 5.41) is 13.8. The zero-order valence-electron chi connectivity index (χ0n) is 16.4. The van der Waals surface area contributed by atoms with Crippen LogP contribution in [0.5, 0.6) is 5.75 Å². The molecule has 6 atom stereocenters. The quantitative estimate of drug-likeness (QED) is 0.819. The molecule has 0 bridgehead atoms. The molecule has 2 aliphatic heterocycles. The van der Waals surface area contributed by atoms with Gasteiger partial charge < -0.3 is 29.4 Å². The van der Waals surface area contributed by atoms with Crippen LogP contribution in [0, 0.1) is 6.92 Å². The van der Waals surface area contributed by atoms with Crippen LogP contribution in [0.15, 0.2) is 54.6 Å². The maximum absolute atomic E-state index is 11.8. The summed E-state index contributed by atoms with van der Waals surface area (Å²) in [6.45, 7) is 3.58. The van der Waals surface area contributed by atoms with Crippen LogP contribution in [0.4, 0.5) is 0 Å². The zero-order chi connectivity index (χ0) is 20.4. The lowest BCUT2D eigenvalue weighted by Gasteiger charge is -2.47. The van der Waals surface area contributed by atoms with Crippen molar-refractivity contribution >= 4 is 5.91 Å². The number of amides is 1. The van der Waals surface area contributed by atoms with Crippen LogP contribution >= 0.6 is 0 Å². The second-order valence-corrected chi connectivity index (χ2v) is 7.37. The third-order valence-electron chi connectivity index (χ3n) is 5.05. The van der Waals surface area contributed by atoms with Crippen molar-refractivity contribution in [1.29, 1.82) is 0 Å². The van der Waals surface area contributed by atoms with Gasteiger partial charge in [-0.25, -0.2) is 0 Å². The number of aliphatic hydroxyl groups is 1. The van der Waals surface area contributed by atoms with Gasteiger partial charge >= 0.3 is 0 Å². The van der Waals surface area contributed by atoms with Crippen LogP contribution in [0.3, 0.4) is 0 Å². The standard InChI is InChI=1S/C22H25NO6/c1-13-7-6-10-16(11-13)27-22-18(23-14(2)24)19(25)20-17(28-22)12-26-21(29-20)15-8-4-3-5-9-15/h3-11,17-22,25H,12H2,1-2H3,(H,23,24)/t17-,18+,19-,20-,21-,22+/m0/s1. The maximum atomic E-state index is 11.8. The van der Waals surface area contributed by atoms with E-state index in [4.69, 9.17) is 18.9 Å². The molecule has 0 aliphatic carbocycles. The molecule has 2 aromatic carbocycles. The second kappa shape index (κ2) is 8.51. The van der Waals surface area contributed by atoms with Crippen molar-refractivity contribution in [2.24, 2.45) is 0 Å². The fourth-order valence-corrected chi connectivity index (χ4v) is 3.68. The second-order valence-electron chi connectivity index (χ2n) is 7.37. The van der Waals surface area contributed by atoms with E-state index in [1.807, 2.05) is 55.5 Å². The number of fused-ring (bicyclic) bond motifs is 1. The minimum Gasteiger partial charge on any atom is -0.463 e. The van der Waals surface area contributed by atoms with Crippen molar-refractivity contribution in [3.63, 3.8) is 0 Å². The first kappa shape index (κ1) is 19.8. The van der Waals surface area contributed by atoms with Crippen LogP contribution in [0.1, 0.15) is 24.3 Å². The Bertz CT molecular complexity index is 844. The number of ether oxygens (including phenoxy) is 4. The number of hydrogen-bond acceptors (Lipinski definition) is 6. The molecule has 2 aromatic rings. The summed E-state index contributed by atoms with van der Waals surface area (Å²) in [5.41, 5.74) is 1.88. The largest absolute Gasteiger partial charge is 0.463 e. The van der Waals surface area contributed by atoms with Crippen molar-refractivity contribution in [3.8, 4) is 5.75 Å². The van der Waals surface area contributed by atoms with Gasteiger partial charge in [0.15, 0.2) is 6.29 Å². The van der Waals surface area contributed by atoms with E-state index in [2.05, 4.69) is 5.32 Å². The Labute approximate surface area is 169 Å². The highest BCUT2D eigenvalue weighted by atomic mass is 16.7. The smallest absolute Gasteiger partial charge is 0.223 e. The van der Waals surface area contributed by atoms with Crippen molar-refractivity contribution in [2.45, 2.75) is 50.8 Å². The van der Waals surface area contributed by atoms with E-state index in [0.717, 1.165) is 11.1 Å². The summed E-state index contributed by atoms with van der Waals surface area (Å²) >= 11 is 0. The summed E-state index contributed by atoms with van der Waals surface area (Å²) in [5.74, 6) is 0.302. The van der Waals surface area contributed by atoms with Crippen LogP contribution in [-0.2, 0) is 19.0 Å². The van der Waals surface area contributed by atoms with Crippen molar-refractivity contribution in [1.82, 2.24) is 5.32 Å². The third-order valence-corrected chi connectivity index (χ3v) is 5.05. The Morgan fingerprint density at radius 3 is 2.66 bits per heavy atom. The van der Waals surface area contributed by atoms with Crippen LogP contribution in [0.2, 0.25) is 0 Å². The molecule has 1 amide bonds. The van der Waals surface area contributed by atoms with Crippen molar-refractivity contribution < 1.29 is 28.8 Å². The Morgan fingerprint density at radius 2 is 1.93 bits per heavy atom. The molecule has 0 saturated carbocycles. The normalized spacial score (nSPS) is 31.6. The third kappa shape index (κ3) is 4.43. The van der Waals surface area contributed by atoms with Gasteiger partial charge in [0.25, 0.3) is 0 Å². The van der Waals surface area contributed by atoms with E-state index in [0.29, 0.717) is 5.75 Å². The molecule has 4 rings (SSSR count). The number of aliphatic hydroxyl groups excluding tert-OH is 1. The number of carbonyl (C=O) groups is 1. The highest BCUT2D eigenvalue weighted by Gasteiger charge is 2.50. The first-order chi connectivity index (χ1) is 14.0. The summed E-state index contributed by atoms with van der Waals surface area (Å²) in [7, 11) is 0. The van der Waals surface area contributed by atoms with Gasteiger partial charge in [-0.1, -0.05) is 42.5 Å². The molecule has 2 saturated heterocycles. The number of aryl methyl sites for hydroxylation is 1. The Morgan fingerprint density at radius 1 is 1.14 bits per heavy atom. The SMILES string of the molecule is CC(=O)N[C@H]1[C@H](Oc2cccc(C)c2)O[C@H]2CO[C@H](c3ccccc3)O[C@@H]2[C@H]1O. The van der Waals surface area contributed by atoms with Gasteiger partial charge in [-0.05, 0) is 24.6 Å². The van der Waals surface area contributed by atoms with Crippen molar-refractivity contribution in [3.05, 3.63) is 65.7 Å². The average Bonchev–Trinajstić information content (AvgIpc) is 2.71. The lowest BCUT2D eigenvalue weighted by molar-refractivity contribution is -0.333. The fourth-order valence-electron chi connectivity index (χ4n) is 3.68. The summed E-state index contributed by atoms with van der Waals surface area (Å²) in [6, 6.07) is 16.2. The van der Waals surface area contributed by atoms with Gasteiger partial charge in [-0.15, -0.1) is 0 Å². The van der Waals surface area contributed by atoms with Gasteiger partial charge in [0.05, 0.1) is 6.61 Å². The highest BCUT2D eigenvalue weighted by molar-refractivity contribution is 5.73.